The summed E-state index contributed by atoms with van der Waals surface area (Å²) in [5, 5.41) is 5.22. The Labute approximate surface area is 203 Å². The number of nitrogens with one attached hydrogen (secondary N) is 1. The molecule has 0 bridgehead atoms. The Bertz CT molecular complexity index is 1140. The van der Waals surface area contributed by atoms with Crippen molar-refractivity contribution in [3.8, 4) is 17.2 Å². The highest BCUT2D eigenvalue weighted by Crippen LogP contribution is 2.28. The molecule has 8 heteroatoms. The van der Waals surface area contributed by atoms with E-state index in [0.717, 1.165) is 12.0 Å². The van der Waals surface area contributed by atoms with E-state index in [-0.39, 0.29) is 0 Å². The van der Waals surface area contributed by atoms with Gasteiger partial charge in [0.15, 0.2) is 11.5 Å². The van der Waals surface area contributed by atoms with Crippen molar-refractivity contribution in [2.45, 2.75) is 20.0 Å². The molecule has 172 valence electrons. The van der Waals surface area contributed by atoms with Crippen molar-refractivity contribution >= 4 is 35.3 Å². The van der Waals surface area contributed by atoms with Gasteiger partial charge in [-0.25, -0.2) is 5.43 Å². The number of ether oxygens (including phenoxy) is 3. The van der Waals surface area contributed by atoms with Gasteiger partial charge in [-0.3, -0.25) is 4.79 Å². The third-order valence-corrected chi connectivity index (χ3v) is 4.98. The van der Waals surface area contributed by atoms with Crippen molar-refractivity contribution in [2.75, 3.05) is 13.7 Å². The summed E-state index contributed by atoms with van der Waals surface area (Å²) in [6, 6.07) is 17.5. The Hall–Kier alpha value is -3.22. The summed E-state index contributed by atoms with van der Waals surface area (Å²) in [7, 11) is 1.53. The second kappa shape index (κ2) is 12.1. The summed E-state index contributed by atoms with van der Waals surface area (Å²) in [6.45, 7) is 2.90. The minimum absolute atomic E-state index is 0.321. The van der Waals surface area contributed by atoms with E-state index in [1.54, 1.807) is 42.5 Å². The minimum atomic E-state index is -0.394. The maximum absolute atomic E-state index is 12.5. The zero-order valence-corrected chi connectivity index (χ0v) is 19.8. The molecule has 0 heterocycles. The first-order valence-corrected chi connectivity index (χ1v) is 11.1. The lowest BCUT2D eigenvalue weighted by Crippen LogP contribution is -2.17. The standard InChI is InChI=1S/C25H24Cl2N2O4/c1-3-11-32-23-9-7-18(14-24(23)31-2)25(30)29-28-15-19-13-21(27)8-10-22(19)33-16-17-5-4-6-20(26)12-17/h4-10,12-15H,3,11,16H2,1-2H3,(H,29,30)/b28-15+. The van der Waals surface area contributed by atoms with Crippen molar-refractivity contribution in [2.24, 2.45) is 5.10 Å². The average Bonchev–Trinajstić information content (AvgIpc) is 2.82. The number of rotatable bonds is 10. The summed E-state index contributed by atoms with van der Waals surface area (Å²) in [4.78, 5) is 12.5. The maximum atomic E-state index is 12.5. The van der Waals surface area contributed by atoms with Crippen molar-refractivity contribution < 1.29 is 19.0 Å². The fourth-order valence-electron chi connectivity index (χ4n) is 2.90. The summed E-state index contributed by atoms with van der Waals surface area (Å²) in [5.74, 6) is 1.23. The SMILES string of the molecule is CCCOc1ccc(C(=O)N/N=C/c2cc(Cl)ccc2OCc2cccc(Cl)c2)cc1OC. The van der Waals surface area contributed by atoms with Gasteiger partial charge in [-0.1, -0.05) is 42.3 Å². The van der Waals surface area contributed by atoms with Crippen LogP contribution in [0.4, 0.5) is 0 Å². The molecule has 0 aliphatic rings. The second-order valence-electron chi connectivity index (χ2n) is 7.01. The van der Waals surface area contributed by atoms with Crippen molar-refractivity contribution in [1.29, 1.82) is 0 Å². The molecule has 3 aromatic rings. The van der Waals surface area contributed by atoms with Crippen LogP contribution in [0.15, 0.2) is 65.8 Å². The molecule has 0 saturated heterocycles. The number of hydrazone groups is 1. The molecule has 0 spiro atoms. The maximum Gasteiger partial charge on any atom is 0.271 e. The number of hydrogen-bond donors (Lipinski definition) is 1. The van der Waals surface area contributed by atoms with Crippen LogP contribution in [0, 0.1) is 0 Å². The molecular formula is C25H24Cl2N2O4. The van der Waals surface area contributed by atoms with Gasteiger partial charge in [-0.2, -0.15) is 5.10 Å². The van der Waals surface area contributed by atoms with Crippen molar-refractivity contribution in [3.63, 3.8) is 0 Å². The van der Waals surface area contributed by atoms with E-state index >= 15 is 0 Å². The molecular weight excluding hydrogens is 463 g/mol. The molecule has 0 atom stereocenters. The molecule has 0 saturated carbocycles. The topological polar surface area (TPSA) is 69.2 Å². The summed E-state index contributed by atoms with van der Waals surface area (Å²) < 4.78 is 16.8. The largest absolute Gasteiger partial charge is 0.493 e. The summed E-state index contributed by atoms with van der Waals surface area (Å²) in [6.07, 6.45) is 2.35. The molecule has 0 fully saturated rings. The van der Waals surface area contributed by atoms with Gasteiger partial charge in [0.05, 0.1) is 19.9 Å². The van der Waals surface area contributed by atoms with Gasteiger partial charge in [0.2, 0.25) is 0 Å². The normalized spacial score (nSPS) is 10.8. The number of nitrogens with zero attached hydrogens (tertiary/aromatic N) is 1. The van der Waals surface area contributed by atoms with E-state index in [4.69, 9.17) is 37.4 Å². The Kier molecular flexibility index (Phi) is 8.98. The van der Waals surface area contributed by atoms with E-state index in [2.05, 4.69) is 10.5 Å². The van der Waals surface area contributed by atoms with Crippen molar-refractivity contribution in [1.82, 2.24) is 5.43 Å². The Balaban J connectivity index is 1.68. The van der Waals surface area contributed by atoms with Gasteiger partial charge >= 0.3 is 0 Å². The number of amides is 1. The first kappa shape index (κ1) is 24.4. The monoisotopic (exact) mass is 486 g/mol. The molecule has 1 amide bonds. The molecule has 0 aliphatic heterocycles. The number of methoxy groups -OCH3 is 1. The third-order valence-electron chi connectivity index (χ3n) is 4.51. The highest BCUT2D eigenvalue weighted by Gasteiger charge is 2.11. The number of carbonyl (C=O) groups excluding carboxylic acids is 1. The van der Waals surface area contributed by atoms with Crippen LogP contribution in [0.2, 0.25) is 10.0 Å². The molecule has 0 radical (unpaired) electrons. The molecule has 3 aromatic carbocycles. The Morgan fingerprint density at radius 2 is 1.76 bits per heavy atom. The first-order chi connectivity index (χ1) is 16.0. The van der Waals surface area contributed by atoms with Crippen LogP contribution in [0.3, 0.4) is 0 Å². The van der Waals surface area contributed by atoms with Gasteiger partial charge in [0, 0.05) is 21.2 Å². The molecule has 33 heavy (non-hydrogen) atoms. The molecule has 0 aromatic heterocycles. The fraction of sp³-hybridized carbons (Fsp3) is 0.200. The number of carbonyl (C=O) groups is 1. The van der Waals surface area contributed by atoms with E-state index in [1.165, 1.54) is 13.3 Å². The average molecular weight is 487 g/mol. The van der Waals surface area contributed by atoms with E-state index in [1.807, 2.05) is 25.1 Å². The highest BCUT2D eigenvalue weighted by molar-refractivity contribution is 6.31. The van der Waals surface area contributed by atoms with Gasteiger partial charge in [-0.05, 0) is 60.5 Å². The van der Waals surface area contributed by atoms with Gasteiger partial charge in [-0.15, -0.1) is 0 Å². The molecule has 6 nitrogen and oxygen atoms in total. The van der Waals surface area contributed by atoms with Crippen LogP contribution in [0.5, 0.6) is 17.2 Å². The van der Waals surface area contributed by atoms with Crippen LogP contribution in [-0.2, 0) is 6.61 Å². The zero-order valence-electron chi connectivity index (χ0n) is 18.3. The van der Waals surface area contributed by atoms with Crippen LogP contribution >= 0.6 is 23.2 Å². The lowest BCUT2D eigenvalue weighted by atomic mass is 10.2. The minimum Gasteiger partial charge on any atom is -0.493 e. The van der Waals surface area contributed by atoms with Crippen LogP contribution in [0.1, 0.15) is 34.8 Å². The lowest BCUT2D eigenvalue weighted by Gasteiger charge is -2.11. The van der Waals surface area contributed by atoms with E-state index in [9.17, 15) is 4.79 Å². The summed E-state index contributed by atoms with van der Waals surface area (Å²) in [5.41, 5.74) is 4.43. The van der Waals surface area contributed by atoms with E-state index in [0.29, 0.717) is 51.6 Å². The third kappa shape index (κ3) is 7.14. The van der Waals surface area contributed by atoms with Crippen LogP contribution in [0.25, 0.3) is 0 Å². The zero-order chi connectivity index (χ0) is 23.6. The molecule has 1 N–H and O–H groups in total. The highest BCUT2D eigenvalue weighted by atomic mass is 35.5. The number of halogens is 2. The molecule has 3 rings (SSSR count). The fourth-order valence-corrected chi connectivity index (χ4v) is 3.30. The molecule has 0 aliphatic carbocycles. The lowest BCUT2D eigenvalue weighted by molar-refractivity contribution is 0.0954. The van der Waals surface area contributed by atoms with Crippen molar-refractivity contribution in [3.05, 3.63) is 87.4 Å². The quantitative estimate of drug-likeness (QED) is 0.276. The number of benzene rings is 3. The predicted molar refractivity (Wildman–Crippen MR) is 131 cm³/mol. The predicted octanol–water partition coefficient (Wildman–Crippen LogP) is 6.13. The number of hydrogen-bond acceptors (Lipinski definition) is 5. The van der Waals surface area contributed by atoms with Crippen LogP contribution in [-0.4, -0.2) is 25.8 Å². The first-order valence-electron chi connectivity index (χ1n) is 10.3. The smallest absolute Gasteiger partial charge is 0.271 e. The summed E-state index contributed by atoms with van der Waals surface area (Å²) >= 11 is 12.2. The van der Waals surface area contributed by atoms with Gasteiger partial charge in [0.25, 0.3) is 5.91 Å². The van der Waals surface area contributed by atoms with Gasteiger partial charge < -0.3 is 14.2 Å². The Morgan fingerprint density at radius 1 is 0.970 bits per heavy atom. The Morgan fingerprint density at radius 3 is 2.52 bits per heavy atom. The van der Waals surface area contributed by atoms with Crippen LogP contribution < -0.4 is 19.6 Å². The molecule has 0 unspecified atom stereocenters. The second-order valence-corrected chi connectivity index (χ2v) is 7.89. The van der Waals surface area contributed by atoms with E-state index < -0.39 is 5.91 Å². The van der Waals surface area contributed by atoms with Gasteiger partial charge in [0.1, 0.15) is 12.4 Å².